The number of carbonyl (C=O) groups is 1. The van der Waals surface area contributed by atoms with Crippen molar-refractivity contribution in [3.05, 3.63) is 53.1 Å². The first kappa shape index (κ1) is 29.5. The SMILES string of the molecule is O=C(O)C(F)(F)F.O=S(=O)(NCC1CC12CC2)c1ccc(NCCc2ccc(N3CCCCC3)cc2)cc1Cl. The van der Waals surface area contributed by atoms with E-state index in [0.717, 1.165) is 38.2 Å². The average molecular weight is 588 g/mol. The number of alkyl halides is 3. The number of hydrogen-bond acceptors (Lipinski definition) is 5. The van der Waals surface area contributed by atoms with Crippen LogP contribution in [0.3, 0.4) is 0 Å². The Morgan fingerprint density at radius 2 is 1.72 bits per heavy atom. The number of benzene rings is 2. The van der Waals surface area contributed by atoms with Crippen LogP contribution < -0.4 is 14.9 Å². The zero-order valence-electron chi connectivity index (χ0n) is 21.4. The molecule has 1 unspecified atom stereocenters. The second-order valence-electron chi connectivity index (χ2n) is 10.5. The summed E-state index contributed by atoms with van der Waals surface area (Å²) in [6.07, 6.45) is 3.38. The number of sulfonamides is 1. The van der Waals surface area contributed by atoms with Crippen LogP contribution in [-0.4, -0.2) is 51.8 Å². The Hall–Kier alpha value is -2.50. The highest BCUT2D eigenvalue weighted by Gasteiger charge is 2.62. The summed E-state index contributed by atoms with van der Waals surface area (Å²) in [5, 5.41) is 10.7. The Balaban J connectivity index is 0.000000448. The van der Waals surface area contributed by atoms with Crippen LogP contribution in [0.4, 0.5) is 24.5 Å². The highest BCUT2D eigenvalue weighted by Crippen LogP contribution is 2.70. The minimum Gasteiger partial charge on any atom is -0.475 e. The Labute approximate surface area is 231 Å². The molecule has 2 aromatic rings. The van der Waals surface area contributed by atoms with Crippen molar-refractivity contribution >= 4 is 39.0 Å². The lowest BCUT2D eigenvalue weighted by Gasteiger charge is -2.28. The van der Waals surface area contributed by atoms with E-state index in [1.165, 1.54) is 43.4 Å². The fourth-order valence-corrected chi connectivity index (χ4v) is 6.61. The molecule has 2 aliphatic carbocycles. The van der Waals surface area contributed by atoms with Crippen LogP contribution >= 0.6 is 11.6 Å². The number of hydrogen-bond donors (Lipinski definition) is 3. The fraction of sp³-hybridized carbons (Fsp3) is 0.519. The molecular weight excluding hydrogens is 555 g/mol. The van der Waals surface area contributed by atoms with E-state index in [1.54, 1.807) is 18.2 Å². The summed E-state index contributed by atoms with van der Waals surface area (Å²) in [5.41, 5.74) is 3.90. The highest BCUT2D eigenvalue weighted by atomic mass is 35.5. The monoisotopic (exact) mass is 587 g/mol. The molecule has 0 amide bonds. The molecule has 39 heavy (non-hydrogen) atoms. The molecule has 2 aromatic carbocycles. The van der Waals surface area contributed by atoms with Crippen molar-refractivity contribution in [2.45, 2.75) is 56.0 Å². The van der Waals surface area contributed by atoms with E-state index in [4.69, 9.17) is 21.5 Å². The summed E-state index contributed by atoms with van der Waals surface area (Å²) in [6.45, 7) is 3.59. The zero-order valence-corrected chi connectivity index (χ0v) is 23.0. The number of rotatable bonds is 9. The van der Waals surface area contributed by atoms with Crippen molar-refractivity contribution in [2.24, 2.45) is 11.3 Å². The number of nitrogens with zero attached hydrogens (tertiary/aromatic N) is 1. The molecule has 7 nitrogen and oxygen atoms in total. The molecule has 0 bridgehead atoms. The Morgan fingerprint density at radius 3 is 2.26 bits per heavy atom. The van der Waals surface area contributed by atoms with Gasteiger partial charge in [0.15, 0.2) is 0 Å². The van der Waals surface area contributed by atoms with Gasteiger partial charge in [0.05, 0.1) is 5.02 Å². The second-order valence-corrected chi connectivity index (χ2v) is 12.6. The summed E-state index contributed by atoms with van der Waals surface area (Å²) < 4.78 is 59.8. The van der Waals surface area contributed by atoms with Crippen molar-refractivity contribution in [2.75, 3.05) is 36.4 Å². The molecule has 3 N–H and O–H groups in total. The Kier molecular flexibility index (Phi) is 9.02. The quantitative estimate of drug-likeness (QED) is 0.348. The number of carboxylic acids is 1. The number of halogens is 4. The summed E-state index contributed by atoms with van der Waals surface area (Å²) in [5.74, 6) is -2.25. The van der Waals surface area contributed by atoms with Gasteiger partial charge in [-0.05, 0) is 92.2 Å². The van der Waals surface area contributed by atoms with E-state index < -0.39 is 22.2 Å². The third kappa shape index (κ3) is 8.02. The lowest BCUT2D eigenvalue weighted by atomic mass is 10.1. The molecule has 1 saturated heterocycles. The number of carboxylic acid groups (broad SMARTS) is 1. The molecule has 1 atom stereocenters. The highest BCUT2D eigenvalue weighted by molar-refractivity contribution is 7.89. The van der Waals surface area contributed by atoms with E-state index in [9.17, 15) is 21.6 Å². The van der Waals surface area contributed by atoms with Gasteiger partial charge in [-0.2, -0.15) is 13.2 Å². The first-order valence-corrected chi connectivity index (χ1v) is 14.9. The minimum atomic E-state index is -5.08. The van der Waals surface area contributed by atoms with Crippen molar-refractivity contribution in [3.8, 4) is 0 Å². The fourth-order valence-electron chi connectivity index (χ4n) is 4.99. The third-order valence-electron chi connectivity index (χ3n) is 7.64. The number of aliphatic carboxylic acids is 1. The van der Waals surface area contributed by atoms with Crippen LogP contribution in [0.15, 0.2) is 47.4 Å². The van der Waals surface area contributed by atoms with Crippen LogP contribution in [0.5, 0.6) is 0 Å². The summed E-state index contributed by atoms with van der Waals surface area (Å²) >= 11 is 6.34. The normalized spacial score (nSPS) is 19.7. The number of piperidine rings is 1. The van der Waals surface area contributed by atoms with Crippen molar-refractivity contribution in [1.82, 2.24) is 4.72 Å². The van der Waals surface area contributed by atoms with Gasteiger partial charge >= 0.3 is 12.1 Å². The van der Waals surface area contributed by atoms with Gasteiger partial charge in [0.25, 0.3) is 0 Å². The van der Waals surface area contributed by atoms with Gasteiger partial charge in [0.2, 0.25) is 10.0 Å². The standard InChI is InChI=1S/C25H32ClN3O2S.C2HF3O2/c26-23-16-21(6-9-24(23)32(30,31)28-18-20-17-25(20)11-12-25)27-13-10-19-4-7-22(8-5-19)29-14-2-1-3-15-29;3-2(4,5)1(6)7/h4-9,16,20,27-28H,1-3,10-15,17-18H2;(H,6,7). The largest absolute Gasteiger partial charge is 0.490 e. The van der Waals surface area contributed by atoms with Gasteiger partial charge in [-0.15, -0.1) is 0 Å². The summed E-state index contributed by atoms with van der Waals surface area (Å²) in [7, 11) is -3.58. The first-order valence-electron chi connectivity index (χ1n) is 13.1. The molecule has 0 aromatic heterocycles. The third-order valence-corrected chi connectivity index (χ3v) is 9.54. The Bertz CT molecular complexity index is 1260. The lowest BCUT2D eigenvalue weighted by Crippen LogP contribution is -2.29. The van der Waals surface area contributed by atoms with Crippen LogP contribution in [0.1, 0.15) is 44.1 Å². The number of anilines is 2. The van der Waals surface area contributed by atoms with Crippen LogP contribution in [-0.2, 0) is 21.2 Å². The minimum absolute atomic E-state index is 0.156. The van der Waals surface area contributed by atoms with E-state index >= 15 is 0 Å². The topological polar surface area (TPSA) is 98.7 Å². The molecule has 3 fully saturated rings. The maximum atomic E-state index is 12.6. The molecule has 12 heteroatoms. The average Bonchev–Trinajstić information content (AvgIpc) is 3.82. The lowest BCUT2D eigenvalue weighted by molar-refractivity contribution is -0.192. The molecule has 1 heterocycles. The Morgan fingerprint density at radius 1 is 1.08 bits per heavy atom. The van der Waals surface area contributed by atoms with E-state index in [-0.39, 0.29) is 9.92 Å². The molecule has 1 spiro atoms. The molecule has 214 valence electrons. The molecule has 1 aliphatic heterocycles. The van der Waals surface area contributed by atoms with Crippen LogP contribution in [0.2, 0.25) is 5.02 Å². The van der Waals surface area contributed by atoms with Gasteiger partial charge < -0.3 is 15.3 Å². The van der Waals surface area contributed by atoms with Gasteiger partial charge in [-0.3, -0.25) is 0 Å². The van der Waals surface area contributed by atoms with Gasteiger partial charge in [-0.1, -0.05) is 23.7 Å². The maximum absolute atomic E-state index is 12.6. The summed E-state index contributed by atoms with van der Waals surface area (Å²) in [6, 6.07) is 13.9. The van der Waals surface area contributed by atoms with E-state index in [1.807, 2.05) is 0 Å². The molecular formula is C27H33ClF3N3O4S. The van der Waals surface area contributed by atoms with E-state index in [2.05, 4.69) is 39.2 Å². The summed E-state index contributed by atoms with van der Waals surface area (Å²) in [4.78, 5) is 11.5. The maximum Gasteiger partial charge on any atom is 0.490 e. The van der Waals surface area contributed by atoms with Crippen molar-refractivity contribution < 1.29 is 31.5 Å². The van der Waals surface area contributed by atoms with E-state index in [0.29, 0.717) is 17.9 Å². The van der Waals surface area contributed by atoms with Crippen molar-refractivity contribution in [1.29, 1.82) is 0 Å². The smallest absolute Gasteiger partial charge is 0.475 e. The second kappa shape index (κ2) is 11.9. The van der Waals surface area contributed by atoms with Gasteiger partial charge in [0.1, 0.15) is 4.90 Å². The molecule has 0 radical (unpaired) electrons. The molecule has 5 rings (SSSR count). The van der Waals surface area contributed by atoms with Crippen LogP contribution in [0.25, 0.3) is 0 Å². The molecule has 2 saturated carbocycles. The van der Waals surface area contributed by atoms with Gasteiger partial charge in [0, 0.05) is 37.6 Å². The number of nitrogens with one attached hydrogen (secondary N) is 2. The zero-order chi connectivity index (χ0) is 28.3. The van der Waals surface area contributed by atoms with Crippen molar-refractivity contribution in [3.63, 3.8) is 0 Å². The first-order chi connectivity index (χ1) is 18.4. The van der Waals surface area contributed by atoms with Gasteiger partial charge in [-0.25, -0.2) is 17.9 Å². The van der Waals surface area contributed by atoms with Crippen LogP contribution in [0, 0.1) is 11.3 Å². The predicted octanol–water partition coefficient (Wildman–Crippen LogP) is 5.70. The molecule has 3 aliphatic rings. The predicted molar refractivity (Wildman–Crippen MR) is 145 cm³/mol.